The second-order valence-corrected chi connectivity index (χ2v) is 3.36. The zero-order chi connectivity index (χ0) is 8.81. The highest BCUT2D eigenvalue weighted by Crippen LogP contribution is 2.08. The van der Waals surface area contributed by atoms with Gasteiger partial charge >= 0.3 is 0 Å². The summed E-state index contributed by atoms with van der Waals surface area (Å²) in [7, 11) is 4.22. The molecule has 0 bridgehead atoms. The van der Waals surface area contributed by atoms with Gasteiger partial charge in [-0.3, -0.25) is 0 Å². The minimum absolute atomic E-state index is 1.07. The van der Waals surface area contributed by atoms with E-state index in [0.29, 0.717) is 0 Å². The monoisotopic (exact) mass is 163 g/mol. The van der Waals surface area contributed by atoms with Crippen molar-refractivity contribution in [2.45, 2.75) is 12.8 Å². The number of allylic oxidation sites excluding steroid dienone is 5. The summed E-state index contributed by atoms with van der Waals surface area (Å²) in [6, 6.07) is 0. The SMILES string of the molecule is CN(C)CCC1=CC=CCC=C1. The van der Waals surface area contributed by atoms with Crippen LogP contribution in [0.4, 0.5) is 0 Å². The largest absolute Gasteiger partial charge is 0.309 e. The van der Waals surface area contributed by atoms with Crippen molar-refractivity contribution in [2.75, 3.05) is 20.6 Å². The Morgan fingerprint density at radius 1 is 1.33 bits per heavy atom. The third kappa shape index (κ3) is 3.54. The van der Waals surface area contributed by atoms with Crippen molar-refractivity contribution in [3.8, 4) is 0 Å². The van der Waals surface area contributed by atoms with Crippen LogP contribution in [0, 0.1) is 0 Å². The third-order valence-electron chi connectivity index (χ3n) is 1.90. The number of hydrogen-bond acceptors (Lipinski definition) is 1. The van der Waals surface area contributed by atoms with Crippen molar-refractivity contribution in [1.29, 1.82) is 0 Å². The van der Waals surface area contributed by atoms with E-state index in [-0.39, 0.29) is 0 Å². The normalized spacial score (nSPS) is 16.4. The molecule has 0 aromatic heterocycles. The summed E-state index contributed by atoms with van der Waals surface area (Å²) in [6.07, 6.45) is 13.2. The van der Waals surface area contributed by atoms with E-state index in [2.05, 4.69) is 49.4 Å². The maximum absolute atomic E-state index is 2.23. The van der Waals surface area contributed by atoms with Crippen molar-refractivity contribution in [3.05, 3.63) is 36.0 Å². The van der Waals surface area contributed by atoms with Crippen LogP contribution in [0.1, 0.15) is 12.8 Å². The molecule has 0 heterocycles. The summed E-state index contributed by atoms with van der Waals surface area (Å²) < 4.78 is 0. The van der Waals surface area contributed by atoms with Gasteiger partial charge in [0.25, 0.3) is 0 Å². The molecule has 1 rings (SSSR count). The summed E-state index contributed by atoms with van der Waals surface area (Å²) in [5, 5.41) is 0. The summed E-state index contributed by atoms with van der Waals surface area (Å²) in [5.41, 5.74) is 1.43. The van der Waals surface area contributed by atoms with Gasteiger partial charge in [-0.15, -0.1) is 0 Å². The Labute approximate surface area is 75.1 Å². The zero-order valence-corrected chi connectivity index (χ0v) is 7.96. The van der Waals surface area contributed by atoms with Crippen molar-refractivity contribution in [2.24, 2.45) is 0 Å². The molecule has 0 saturated heterocycles. The van der Waals surface area contributed by atoms with E-state index < -0.39 is 0 Å². The van der Waals surface area contributed by atoms with Crippen molar-refractivity contribution in [3.63, 3.8) is 0 Å². The van der Waals surface area contributed by atoms with Crippen LogP contribution in [0.15, 0.2) is 36.0 Å². The molecular weight excluding hydrogens is 146 g/mol. The Hall–Kier alpha value is -0.820. The third-order valence-corrected chi connectivity index (χ3v) is 1.90. The van der Waals surface area contributed by atoms with Crippen molar-refractivity contribution in [1.82, 2.24) is 4.90 Å². The number of rotatable bonds is 3. The van der Waals surface area contributed by atoms with Gasteiger partial charge < -0.3 is 4.90 Å². The van der Waals surface area contributed by atoms with Gasteiger partial charge in [0.1, 0.15) is 0 Å². The lowest BCUT2D eigenvalue weighted by molar-refractivity contribution is 0.414. The molecule has 66 valence electrons. The van der Waals surface area contributed by atoms with Gasteiger partial charge in [0, 0.05) is 6.54 Å². The molecule has 0 unspecified atom stereocenters. The Kier molecular flexibility index (Phi) is 3.81. The summed E-state index contributed by atoms with van der Waals surface area (Å²) in [4.78, 5) is 2.21. The van der Waals surface area contributed by atoms with E-state index in [1.54, 1.807) is 0 Å². The molecule has 1 heteroatoms. The highest BCUT2D eigenvalue weighted by Gasteiger charge is 1.94. The Morgan fingerprint density at radius 2 is 2.17 bits per heavy atom. The molecule has 0 N–H and O–H groups in total. The maximum Gasteiger partial charge on any atom is 0.00157 e. The van der Waals surface area contributed by atoms with Gasteiger partial charge in [0.2, 0.25) is 0 Å². The van der Waals surface area contributed by atoms with Gasteiger partial charge in [0.05, 0.1) is 0 Å². The van der Waals surface area contributed by atoms with Crippen LogP contribution in [-0.4, -0.2) is 25.5 Å². The lowest BCUT2D eigenvalue weighted by Gasteiger charge is -2.08. The molecule has 1 aliphatic carbocycles. The topological polar surface area (TPSA) is 3.24 Å². The van der Waals surface area contributed by atoms with E-state index in [1.165, 1.54) is 5.57 Å². The number of nitrogens with zero attached hydrogens (tertiary/aromatic N) is 1. The Morgan fingerprint density at radius 3 is 2.92 bits per heavy atom. The van der Waals surface area contributed by atoms with Crippen LogP contribution in [0.25, 0.3) is 0 Å². The highest BCUT2D eigenvalue weighted by molar-refractivity contribution is 5.27. The summed E-state index contributed by atoms with van der Waals surface area (Å²) in [5.74, 6) is 0. The lowest BCUT2D eigenvalue weighted by Crippen LogP contribution is -2.13. The molecule has 0 aliphatic heterocycles. The molecular formula is C11H17N. The predicted molar refractivity (Wildman–Crippen MR) is 54.2 cm³/mol. The molecule has 0 atom stereocenters. The Bertz CT molecular complexity index is 209. The first-order chi connectivity index (χ1) is 5.79. The Balaban J connectivity index is 2.40. The van der Waals surface area contributed by atoms with Crippen LogP contribution in [0.2, 0.25) is 0 Å². The summed E-state index contributed by atoms with van der Waals surface area (Å²) in [6.45, 7) is 1.13. The fourth-order valence-electron chi connectivity index (χ4n) is 1.14. The molecule has 0 aromatic carbocycles. The minimum atomic E-state index is 1.07. The van der Waals surface area contributed by atoms with Crippen LogP contribution in [0.3, 0.4) is 0 Å². The second kappa shape index (κ2) is 4.94. The van der Waals surface area contributed by atoms with Gasteiger partial charge in [0.15, 0.2) is 0 Å². The first kappa shape index (κ1) is 9.27. The number of hydrogen-bond donors (Lipinski definition) is 0. The van der Waals surface area contributed by atoms with Crippen molar-refractivity contribution >= 4 is 0 Å². The quantitative estimate of drug-likeness (QED) is 0.617. The standard InChI is InChI=1S/C11H17N/c1-12(2)10-9-11-7-5-3-4-6-8-11/h3,5-8H,4,9-10H2,1-2H3. The van der Waals surface area contributed by atoms with E-state index in [1.807, 2.05) is 0 Å². The van der Waals surface area contributed by atoms with E-state index in [4.69, 9.17) is 0 Å². The second-order valence-electron chi connectivity index (χ2n) is 3.36. The zero-order valence-electron chi connectivity index (χ0n) is 7.96. The fourth-order valence-corrected chi connectivity index (χ4v) is 1.14. The average Bonchev–Trinajstić information content (AvgIpc) is 2.28. The molecule has 12 heavy (non-hydrogen) atoms. The minimum Gasteiger partial charge on any atom is -0.309 e. The van der Waals surface area contributed by atoms with E-state index in [0.717, 1.165) is 19.4 Å². The predicted octanol–water partition coefficient (Wildman–Crippen LogP) is 2.38. The first-order valence-corrected chi connectivity index (χ1v) is 4.46. The molecule has 0 saturated carbocycles. The molecule has 1 nitrogen and oxygen atoms in total. The van der Waals surface area contributed by atoms with E-state index in [9.17, 15) is 0 Å². The molecule has 0 radical (unpaired) electrons. The molecule has 1 aliphatic rings. The van der Waals surface area contributed by atoms with Gasteiger partial charge in [-0.2, -0.15) is 0 Å². The van der Waals surface area contributed by atoms with Crippen LogP contribution < -0.4 is 0 Å². The first-order valence-electron chi connectivity index (χ1n) is 4.46. The fraction of sp³-hybridized carbons (Fsp3) is 0.455. The molecule has 0 fully saturated rings. The van der Waals surface area contributed by atoms with E-state index >= 15 is 0 Å². The average molecular weight is 163 g/mol. The van der Waals surface area contributed by atoms with Crippen LogP contribution in [0.5, 0.6) is 0 Å². The maximum atomic E-state index is 2.23. The van der Waals surface area contributed by atoms with Gasteiger partial charge in [-0.05, 0) is 32.5 Å². The molecule has 0 spiro atoms. The summed E-state index contributed by atoms with van der Waals surface area (Å²) >= 11 is 0. The lowest BCUT2D eigenvalue weighted by atomic mass is 10.1. The molecule has 0 aromatic rings. The van der Waals surface area contributed by atoms with Gasteiger partial charge in [-0.1, -0.05) is 30.4 Å². The highest BCUT2D eigenvalue weighted by atomic mass is 15.0. The van der Waals surface area contributed by atoms with Gasteiger partial charge in [-0.25, -0.2) is 0 Å². The smallest absolute Gasteiger partial charge is 0.00157 e. The van der Waals surface area contributed by atoms with Crippen molar-refractivity contribution < 1.29 is 0 Å². The van der Waals surface area contributed by atoms with Crippen LogP contribution in [-0.2, 0) is 0 Å². The van der Waals surface area contributed by atoms with Crippen LogP contribution >= 0.6 is 0 Å². The molecule has 0 amide bonds.